The number of hydrogen-bond donors (Lipinski definition) is 3. The maximum Gasteiger partial charge on any atom is 0.169 e. The lowest BCUT2D eigenvalue weighted by Crippen LogP contribution is -2.35. The van der Waals surface area contributed by atoms with Gasteiger partial charge in [0.2, 0.25) is 0 Å². The molecule has 0 radical (unpaired) electrons. The van der Waals surface area contributed by atoms with E-state index in [0.717, 1.165) is 12.8 Å². The van der Waals surface area contributed by atoms with Gasteiger partial charge in [-0.2, -0.15) is 5.10 Å². The Hall–Kier alpha value is -1.66. The van der Waals surface area contributed by atoms with Crippen molar-refractivity contribution in [3.05, 3.63) is 35.1 Å². The van der Waals surface area contributed by atoms with Gasteiger partial charge in [0.25, 0.3) is 0 Å². The zero-order valence-electron chi connectivity index (χ0n) is 11.3. The summed E-state index contributed by atoms with van der Waals surface area (Å²) in [7, 11) is 1.55. The van der Waals surface area contributed by atoms with Crippen LogP contribution >= 0.6 is 0 Å². The Kier molecular flexibility index (Phi) is 5.72. The van der Waals surface area contributed by atoms with Gasteiger partial charge in [0.1, 0.15) is 5.82 Å². The van der Waals surface area contributed by atoms with Gasteiger partial charge in [-0.1, -0.05) is 25.8 Å². The molecule has 0 aliphatic heterocycles. The average molecular weight is 268 g/mol. The first-order valence-electron chi connectivity index (χ1n) is 6.25. The summed E-state index contributed by atoms with van der Waals surface area (Å²) in [5, 5.41) is 14.9. The average Bonchev–Trinajstić information content (AvgIpc) is 2.36. The van der Waals surface area contributed by atoms with Crippen molar-refractivity contribution in [1.29, 1.82) is 0 Å². The smallest absolute Gasteiger partial charge is 0.169 e. The Morgan fingerprint density at radius 2 is 2.21 bits per heavy atom. The van der Waals surface area contributed by atoms with Crippen LogP contribution in [0, 0.1) is 5.82 Å². The normalized spacial score (nSPS) is 13.4. The third-order valence-corrected chi connectivity index (χ3v) is 2.90. The Bertz CT molecular complexity index is 448. The predicted molar refractivity (Wildman–Crippen MR) is 73.6 cm³/mol. The third-order valence-electron chi connectivity index (χ3n) is 2.90. The van der Waals surface area contributed by atoms with Gasteiger partial charge in [-0.05, 0) is 24.1 Å². The summed E-state index contributed by atoms with van der Waals surface area (Å²) >= 11 is 0. The Morgan fingerprint density at radius 3 is 2.74 bits per heavy atom. The molecule has 1 unspecified atom stereocenters. The van der Waals surface area contributed by atoms with E-state index in [1.807, 2.05) is 6.92 Å². The maximum atomic E-state index is 13.4. The molecule has 0 spiro atoms. The second kappa shape index (κ2) is 7.06. The van der Waals surface area contributed by atoms with Gasteiger partial charge in [0.05, 0.1) is 6.10 Å². The fourth-order valence-electron chi connectivity index (χ4n) is 1.92. The van der Waals surface area contributed by atoms with Gasteiger partial charge in [-0.15, -0.1) is 0 Å². The molecule has 6 heteroatoms. The molecular formula is C13H21FN4O. The van der Waals surface area contributed by atoms with E-state index < -0.39 is 11.9 Å². The van der Waals surface area contributed by atoms with Crippen molar-refractivity contribution in [1.82, 2.24) is 5.01 Å². The van der Waals surface area contributed by atoms with Gasteiger partial charge in [-0.25, -0.2) is 10.2 Å². The van der Waals surface area contributed by atoms with Gasteiger partial charge in [0.15, 0.2) is 5.84 Å². The number of aliphatic hydroxyl groups is 1. The zero-order chi connectivity index (χ0) is 14.4. The van der Waals surface area contributed by atoms with Crippen LogP contribution in [0.15, 0.2) is 23.3 Å². The number of rotatable bonds is 5. The van der Waals surface area contributed by atoms with Crippen LogP contribution in [-0.2, 0) is 0 Å². The summed E-state index contributed by atoms with van der Waals surface area (Å²) in [5.74, 6) is 10.7. The van der Waals surface area contributed by atoms with Crippen LogP contribution < -0.4 is 11.7 Å². The number of nitrogens with two attached hydrogens (primary N) is 2. The van der Waals surface area contributed by atoms with E-state index in [0.29, 0.717) is 17.5 Å². The minimum Gasteiger partial charge on any atom is -0.388 e. The van der Waals surface area contributed by atoms with E-state index in [4.69, 9.17) is 11.7 Å². The van der Waals surface area contributed by atoms with Crippen molar-refractivity contribution in [3.63, 3.8) is 0 Å². The highest BCUT2D eigenvalue weighted by atomic mass is 19.1. The van der Waals surface area contributed by atoms with E-state index >= 15 is 0 Å². The van der Waals surface area contributed by atoms with Crippen LogP contribution in [0.1, 0.15) is 43.4 Å². The van der Waals surface area contributed by atoms with Crippen molar-refractivity contribution in [2.24, 2.45) is 16.8 Å². The number of aliphatic hydroxyl groups excluding tert-OH is 1. The molecule has 5 nitrogen and oxygen atoms in total. The van der Waals surface area contributed by atoms with Crippen LogP contribution in [0.4, 0.5) is 4.39 Å². The summed E-state index contributed by atoms with van der Waals surface area (Å²) in [5.41, 5.74) is 0.993. The van der Waals surface area contributed by atoms with Gasteiger partial charge in [0, 0.05) is 12.6 Å². The first-order chi connectivity index (χ1) is 9.01. The number of unbranched alkanes of at least 4 members (excludes halogenated alkanes) is 1. The molecule has 1 aromatic rings. The van der Waals surface area contributed by atoms with Crippen molar-refractivity contribution >= 4 is 5.84 Å². The largest absolute Gasteiger partial charge is 0.388 e. The number of nitrogens with zero attached hydrogens (tertiary/aromatic N) is 2. The molecule has 1 rings (SSSR count). The Labute approximate surface area is 112 Å². The summed E-state index contributed by atoms with van der Waals surface area (Å²) in [4.78, 5) is 0. The lowest BCUT2D eigenvalue weighted by Gasteiger charge is -2.20. The second-order valence-corrected chi connectivity index (χ2v) is 4.45. The third kappa shape index (κ3) is 3.90. The highest BCUT2D eigenvalue weighted by Crippen LogP contribution is 2.24. The molecule has 0 bridgehead atoms. The molecule has 0 amide bonds. The Balaban J connectivity index is 3.17. The zero-order valence-corrected chi connectivity index (χ0v) is 11.3. The van der Waals surface area contributed by atoms with Crippen LogP contribution in [0.5, 0.6) is 0 Å². The number of halogens is 1. The highest BCUT2D eigenvalue weighted by Gasteiger charge is 2.18. The predicted octanol–water partition coefficient (Wildman–Crippen LogP) is 1.48. The van der Waals surface area contributed by atoms with E-state index in [2.05, 4.69) is 5.10 Å². The van der Waals surface area contributed by atoms with Gasteiger partial charge in [-0.3, -0.25) is 5.01 Å². The number of hydrazone groups is 1. The number of benzene rings is 1. The molecule has 0 fully saturated rings. The number of hydrogen-bond acceptors (Lipinski definition) is 4. The summed E-state index contributed by atoms with van der Waals surface area (Å²) in [6.07, 6.45) is 1.77. The lowest BCUT2D eigenvalue weighted by atomic mass is 9.97. The summed E-state index contributed by atoms with van der Waals surface area (Å²) < 4.78 is 13.4. The fraction of sp³-hybridized carbons (Fsp3) is 0.462. The van der Waals surface area contributed by atoms with Gasteiger partial charge < -0.3 is 10.9 Å². The fourth-order valence-corrected chi connectivity index (χ4v) is 1.92. The van der Waals surface area contributed by atoms with Crippen LogP contribution in [0.25, 0.3) is 0 Å². The molecule has 106 valence electrons. The van der Waals surface area contributed by atoms with Crippen LogP contribution in [-0.4, -0.2) is 23.0 Å². The number of hydrazine groups is 1. The van der Waals surface area contributed by atoms with Crippen LogP contribution in [0.2, 0.25) is 0 Å². The molecule has 19 heavy (non-hydrogen) atoms. The minimum atomic E-state index is -0.688. The van der Waals surface area contributed by atoms with Crippen molar-refractivity contribution in [2.45, 2.75) is 32.3 Å². The van der Waals surface area contributed by atoms with Gasteiger partial charge >= 0.3 is 0 Å². The number of amidine groups is 1. The molecule has 0 saturated carbocycles. The van der Waals surface area contributed by atoms with E-state index in [1.165, 1.54) is 17.1 Å². The molecule has 0 heterocycles. The maximum absolute atomic E-state index is 13.4. The second-order valence-electron chi connectivity index (χ2n) is 4.45. The van der Waals surface area contributed by atoms with Crippen molar-refractivity contribution < 1.29 is 9.50 Å². The monoisotopic (exact) mass is 268 g/mol. The van der Waals surface area contributed by atoms with E-state index in [1.54, 1.807) is 13.1 Å². The molecule has 5 N–H and O–H groups in total. The molecule has 1 atom stereocenters. The molecule has 0 aliphatic rings. The first-order valence-corrected chi connectivity index (χ1v) is 6.25. The van der Waals surface area contributed by atoms with Crippen molar-refractivity contribution in [2.75, 3.05) is 7.05 Å². The van der Waals surface area contributed by atoms with E-state index in [9.17, 15) is 9.50 Å². The Morgan fingerprint density at radius 1 is 1.53 bits per heavy atom. The van der Waals surface area contributed by atoms with E-state index in [-0.39, 0.29) is 5.84 Å². The molecule has 0 aromatic heterocycles. The topological polar surface area (TPSA) is 87.9 Å². The minimum absolute atomic E-state index is 0.227. The lowest BCUT2D eigenvalue weighted by molar-refractivity contribution is 0.164. The van der Waals surface area contributed by atoms with Crippen LogP contribution in [0.3, 0.4) is 0 Å². The van der Waals surface area contributed by atoms with Crippen molar-refractivity contribution in [3.8, 4) is 0 Å². The molecule has 1 aromatic carbocycles. The summed E-state index contributed by atoms with van der Waals surface area (Å²) in [6.45, 7) is 2.04. The first kappa shape index (κ1) is 15.4. The quantitative estimate of drug-likeness (QED) is 0.326. The molecule has 0 aliphatic carbocycles. The highest BCUT2D eigenvalue weighted by molar-refractivity contribution is 5.99. The summed E-state index contributed by atoms with van der Waals surface area (Å²) in [6, 6.07) is 4.12. The SMILES string of the molecule is CCCCC(O)c1ccc(F)cc1/C(=N/N)N(C)N. The molecule has 0 saturated heterocycles. The standard InChI is InChI=1S/C13H21FN4O/c1-3-4-5-12(19)10-7-6-9(14)8-11(10)13(17-15)18(2)16/h6-8,12,19H,3-5,15-16H2,1-2H3/b17-13-. The molecular weight excluding hydrogens is 247 g/mol.